The molecule has 1 aliphatic heterocycles. The molecule has 178 valence electrons. The average molecular weight is 497 g/mol. The van der Waals surface area contributed by atoms with E-state index < -0.39 is 37.4 Å². The Morgan fingerprint density at radius 1 is 1.06 bits per heavy atom. The molecule has 0 bridgehead atoms. The van der Waals surface area contributed by atoms with E-state index in [1.165, 1.54) is 46.8 Å². The first-order valence-electron chi connectivity index (χ1n) is 10.1. The van der Waals surface area contributed by atoms with E-state index in [9.17, 15) is 31.7 Å². The number of nitrogens with one attached hydrogen (secondary N) is 1. The van der Waals surface area contributed by atoms with Gasteiger partial charge in [-0.2, -0.15) is 4.31 Å². The molecule has 1 heterocycles. The third-order valence-electron chi connectivity index (χ3n) is 5.11. The van der Waals surface area contributed by atoms with Crippen LogP contribution in [0.1, 0.15) is 19.3 Å². The summed E-state index contributed by atoms with van der Waals surface area (Å²) in [7, 11) is -7.54. The zero-order valence-corrected chi connectivity index (χ0v) is 19.5. The van der Waals surface area contributed by atoms with Gasteiger partial charge in [-0.3, -0.25) is 19.2 Å². The Balaban J connectivity index is 1.73. The molecule has 2 aromatic rings. The van der Waals surface area contributed by atoms with Crippen LogP contribution in [0.2, 0.25) is 0 Å². The number of nitrogens with zero attached hydrogens (tertiary/aromatic N) is 3. The van der Waals surface area contributed by atoms with Crippen LogP contribution in [-0.2, 0) is 24.8 Å². The summed E-state index contributed by atoms with van der Waals surface area (Å²) in [5, 5.41) is 13.5. The number of hydrogen-bond donors (Lipinski definition) is 1. The minimum absolute atomic E-state index is 0.0233. The van der Waals surface area contributed by atoms with Crippen molar-refractivity contribution in [2.24, 2.45) is 0 Å². The van der Waals surface area contributed by atoms with E-state index >= 15 is 0 Å². The number of sulfonamides is 2. The molecule has 1 N–H and O–H groups in total. The van der Waals surface area contributed by atoms with Gasteiger partial charge in [-0.1, -0.05) is 12.5 Å². The standard InChI is InChI=1S/C20H24N4O7S2/c1-32(28,29)23(17-6-5-7-18(14-17)24(26)27)15-20(25)21-16-8-10-19(11-9-16)33(30,31)22-12-3-2-4-13-22/h5-11,14H,2-4,12-13,15H2,1H3,(H,21,25). The van der Waals surface area contributed by atoms with Crippen LogP contribution in [-0.4, -0.2) is 57.9 Å². The lowest BCUT2D eigenvalue weighted by molar-refractivity contribution is -0.384. The molecule has 0 unspecified atom stereocenters. The van der Waals surface area contributed by atoms with Gasteiger partial charge in [0.15, 0.2) is 0 Å². The molecule has 13 heteroatoms. The number of amides is 1. The zero-order valence-electron chi connectivity index (χ0n) is 17.9. The first-order chi connectivity index (χ1) is 15.5. The second-order valence-electron chi connectivity index (χ2n) is 7.58. The van der Waals surface area contributed by atoms with E-state index in [-0.39, 0.29) is 22.0 Å². The van der Waals surface area contributed by atoms with Gasteiger partial charge >= 0.3 is 0 Å². The van der Waals surface area contributed by atoms with E-state index in [2.05, 4.69) is 5.32 Å². The number of benzene rings is 2. The smallest absolute Gasteiger partial charge is 0.271 e. The van der Waals surface area contributed by atoms with Crippen LogP contribution in [0.3, 0.4) is 0 Å². The van der Waals surface area contributed by atoms with Crippen LogP contribution in [0.4, 0.5) is 17.1 Å². The third kappa shape index (κ3) is 6.06. The maximum Gasteiger partial charge on any atom is 0.271 e. The SMILES string of the molecule is CS(=O)(=O)N(CC(=O)Nc1ccc(S(=O)(=O)N2CCCCC2)cc1)c1cccc([N+](=O)[O-])c1. The van der Waals surface area contributed by atoms with E-state index in [4.69, 9.17) is 0 Å². The number of anilines is 2. The summed E-state index contributed by atoms with van der Waals surface area (Å²) >= 11 is 0. The van der Waals surface area contributed by atoms with Gasteiger partial charge in [0.25, 0.3) is 5.69 Å². The number of carbonyl (C=O) groups excluding carboxylic acids is 1. The zero-order chi connectivity index (χ0) is 24.2. The number of non-ortho nitro benzene ring substituents is 1. The van der Waals surface area contributed by atoms with E-state index in [0.29, 0.717) is 13.1 Å². The van der Waals surface area contributed by atoms with Crippen LogP contribution < -0.4 is 9.62 Å². The van der Waals surface area contributed by atoms with Gasteiger partial charge in [0.1, 0.15) is 6.54 Å². The van der Waals surface area contributed by atoms with Crippen LogP contribution >= 0.6 is 0 Å². The highest BCUT2D eigenvalue weighted by Gasteiger charge is 2.26. The average Bonchev–Trinajstić information content (AvgIpc) is 2.78. The molecule has 1 fully saturated rings. The summed E-state index contributed by atoms with van der Waals surface area (Å²) in [4.78, 5) is 23.0. The fourth-order valence-electron chi connectivity index (χ4n) is 3.46. The minimum Gasteiger partial charge on any atom is -0.325 e. The monoisotopic (exact) mass is 496 g/mol. The Bertz CT molecular complexity index is 1240. The van der Waals surface area contributed by atoms with Crippen LogP contribution in [0.15, 0.2) is 53.4 Å². The van der Waals surface area contributed by atoms with Crippen LogP contribution in [0.5, 0.6) is 0 Å². The molecule has 11 nitrogen and oxygen atoms in total. The molecule has 0 radical (unpaired) electrons. The first kappa shape index (κ1) is 24.6. The highest BCUT2D eigenvalue weighted by atomic mass is 32.2. The molecule has 0 spiro atoms. The molecule has 1 saturated heterocycles. The highest BCUT2D eigenvalue weighted by molar-refractivity contribution is 7.92. The fraction of sp³-hybridized carbons (Fsp3) is 0.350. The van der Waals surface area contributed by atoms with Gasteiger partial charge < -0.3 is 5.32 Å². The number of nitro groups is 1. The lowest BCUT2D eigenvalue weighted by Gasteiger charge is -2.26. The summed E-state index contributed by atoms with van der Waals surface area (Å²) in [5.41, 5.74) is -0.0537. The van der Waals surface area contributed by atoms with E-state index in [1.807, 2.05) is 0 Å². The maximum absolute atomic E-state index is 12.7. The van der Waals surface area contributed by atoms with Crippen molar-refractivity contribution in [3.05, 3.63) is 58.6 Å². The molecule has 33 heavy (non-hydrogen) atoms. The number of carbonyl (C=O) groups is 1. The van der Waals surface area contributed by atoms with Crippen molar-refractivity contribution in [1.29, 1.82) is 0 Å². The van der Waals surface area contributed by atoms with Crippen molar-refractivity contribution < 1.29 is 26.6 Å². The molecule has 2 aromatic carbocycles. The minimum atomic E-state index is -3.92. The number of rotatable bonds is 8. The van der Waals surface area contributed by atoms with Gasteiger partial charge in [-0.15, -0.1) is 0 Å². The van der Waals surface area contributed by atoms with Crippen LogP contribution in [0, 0.1) is 10.1 Å². The molecule has 0 atom stereocenters. The Kier molecular flexibility index (Phi) is 7.34. The Morgan fingerprint density at radius 3 is 2.27 bits per heavy atom. The number of piperidine rings is 1. The predicted molar refractivity (Wildman–Crippen MR) is 123 cm³/mol. The first-order valence-corrected chi connectivity index (χ1v) is 13.4. The number of nitro benzene ring substituents is 1. The van der Waals surface area contributed by atoms with Gasteiger partial charge in [-0.05, 0) is 43.2 Å². The molecule has 3 rings (SSSR count). The van der Waals surface area contributed by atoms with Gasteiger partial charge in [0.2, 0.25) is 26.0 Å². The summed E-state index contributed by atoms with van der Waals surface area (Å²) in [6.07, 6.45) is 3.51. The summed E-state index contributed by atoms with van der Waals surface area (Å²) in [6, 6.07) is 10.6. The van der Waals surface area contributed by atoms with Crippen molar-refractivity contribution in [1.82, 2.24) is 4.31 Å². The van der Waals surface area contributed by atoms with Gasteiger partial charge in [0.05, 0.1) is 21.8 Å². The second kappa shape index (κ2) is 9.85. The molecular weight excluding hydrogens is 472 g/mol. The Morgan fingerprint density at radius 2 is 1.70 bits per heavy atom. The van der Waals surface area contributed by atoms with Gasteiger partial charge in [-0.25, -0.2) is 16.8 Å². The van der Waals surface area contributed by atoms with Crippen molar-refractivity contribution >= 4 is 43.0 Å². The second-order valence-corrected chi connectivity index (χ2v) is 11.4. The van der Waals surface area contributed by atoms with Crippen molar-refractivity contribution in [3.63, 3.8) is 0 Å². The quantitative estimate of drug-likeness (QED) is 0.435. The Labute approximate surface area is 192 Å². The Hall–Kier alpha value is -3.03. The van der Waals surface area contributed by atoms with Crippen LogP contribution in [0.25, 0.3) is 0 Å². The van der Waals surface area contributed by atoms with Crippen molar-refractivity contribution in [2.45, 2.75) is 24.2 Å². The van der Waals surface area contributed by atoms with Crippen molar-refractivity contribution in [3.8, 4) is 0 Å². The number of hydrogen-bond acceptors (Lipinski definition) is 7. The molecule has 0 aromatic heterocycles. The summed E-state index contributed by atoms with van der Waals surface area (Å²) < 4.78 is 52.1. The maximum atomic E-state index is 12.7. The summed E-state index contributed by atoms with van der Waals surface area (Å²) in [5.74, 6) is -0.696. The predicted octanol–water partition coefficient (Wildman–Crippen LogP) is 2.17. The van der Waals surface area contributed by atoms with E-state index in [1.54, 1.807) is 0 Å². The van der Waals surface area contributed by atoms with Crippen molar-refractivity contribution in [2.75, 3.05) is 35.5 Å². The largest absolute Gasteiger partial charge is 0.325 e. The summed E-state index contributed by atoms with van der Waals surface area (Å²) in [6.45, 7) is 0.327. The molecule has 1 aliphatic rings. The molecule has 1 amide bonds. The van der Waals surface area contributed by atoms with Gasteiger partial charge in [0, 0.05) is 30.9 Å². The lowest BCUT2D eigenvalue weighted by Crippen LogP contribution is -2.37. The van der Waals surface area contributed by atoms with E-state index in [0.717, 1.165) is 35.9 Å². The molecular formula is C20H24N4O7S2. The molecule has 0 saturated carbocycles. The topological polar surface area (TPSA) is 147 Å². The normalized spacial score (nSPS) is 15.1. The third-order valence-corrected chi connectivity index (χ3v) is 8.16. The molecule has 0 aliphatic carbocycles. The fourth-order valence-corrected chi connectivity index (χ4v) is 5.82. The lowest BCUT2D eigenvalue weighted by atomic mass is 10.2. The highest BCUT2D eigenvalue weighted by Crippen LogP contribution is 2.24.